The monoisotopic (exact) mass is 292 g/mol. The highest BCUT2D eigenvalue weighted by molar-refractivity contribution is 9.10. The Balaban J connectivity index is 2.31. The first-order valence-electron chi connectivity index (χ1n) is 6.06. The first-order valence-corrected chi connectivity index (χ1v) is 6.85. The minimum Gasteiger partial charge on any atom is -0.349 e. The molecule has 0 radical (unpaired) electrons. The summed E-state index contributed by atoms with van der Waals surface area (Å²) in [5, 5.41) is 1.29. The van der Waals surface area contributed by atoms with E-state index >= 15 is 0 Å². The van der Waals surface area contributed by atoms with E-state index in [2.05, 4.69) is 58.9 Å². The van der Waals surface area contributed by atoms with Crippen LogP contribution in [0.3, 0.4) is 0 Å². The number of fused-ring (bicyclic) bond motifs is 1. The Morgan fingerprint density at radius 2 is 2.12 bits per heavy atom. The third-order valence-corrected chi connectivity index (χ3v) is 4.78. The number of nitrogens with two attached hydrogens (primary N) is 1. The molecular formula is C14H17BrN2. The lowest BCUT2D eigenvalue weighted by Gasteiger charge is -2.21. The molecule has 1 atom stereocenters. The molecule has 1 aliphatic rings. The SMILES string of the molecule is CC(N)C1(c2cccc3c(Br)cn(C)c23)CC1. The number of benzene rings is 1. The van der Waals surface area contributed by atoms with Crippen LogP contribution >= 0.6 is 15.9 Å². The largest absolute Gasteiger partial charge is 0.349 e. The molecule has 90 valence electrons. The molecule has 3 rings (SSSR count). The van der Waals surface area contributed by atoms with Crippen molar-refractivity contribution in [2.45, 2.75) is 31.2 Å². The van der Waals surface area contributed by atoms with Gasteiger partial charge in [-0.05, 0) is 41.3 Å². The van der Waals surface area contributed by atoms with Crippen LogP contribution in [0.5, 0.6) is 0 Å². The van der Waals surface area contributed by atoms with Gasteiger partial charge in [0.25, 0.3) is 0 Å². The van der Waals surface area contributed by atoms with E-state index in [1.807, 2.05) is 0 Å². The molecule has 0 bridgehead atoms. The zero-order valence-corrected chi connectivity index (χ0v) is 11.8. The molecule has 1 aromatic carbocycles. The highest BCUT2D eigenvalue weighted by atomic mass is 79.9. The third kappa shape index (κ3) is 1.49. The van der Waals surface area contributed by atoms with Gasteiger partial charge in [-0.1, -0.05) is 18.2 Å². The van der Waals surface area contributed by atoms with Crippen LogP contribution in [0.25, 0.3) is 10.9 Å². The Morgan fingerprint density at radius 3 is 2.71 bits per heavy atom. The van der Waals surface area contributed by atoms with E-state index < -0.39 is 0 Å². The van der Waals surface area contributed by atoms with Crippen molar-refractivity contribution in [3.05, 3.63) is 34.4 Å². The summed E-state index contributed by atoms with van der Waals surface area (Å²) in [5.74, 6) is 0. The fourth-order valence-electron chi connectivity index (χ4n) is 2.93. The van der Waals surface area contributed by atoms with Crippen LogP contribution in [-0.4, -0.2) is 10.6 Å². The van der Waals surface area contributed by atoms with Gasteiger partial charge in [0, 0.05) is 34.6 Å². The summed E-state index contributed by atoms with van der Waals surface area (Å²) >= 11 is 3.62. The summed E-state index contributed by atoms with van der Waals surface area (Å²) < 4.78 is 3.37. The molecule has 0 aliphatic heterocycles. The molecule has 2 nitrogen and oxygen atoms in total. The summed E-state index contributed by atoms with van der Waals surface area (Å²) in [7, 11) is 2.11. The van der Waals surface area contributed by atoms with Crippen molar-refractivity contribution >= 4 is 26.8 Å². The van der Waals surface area contributed by atoms with Crippen LogP contribution in [0.15, 0.2) is 28.9 Å². The Hall–Kier alpha value is -0.800. The van der Waals surface area contributed by atoms with Gasteiger partial charge in [-0.15, -0.1) is 0 Å². The lowest BCUT2D eigenvalue weighted by molar-refractivity contribution is 0.558. The molecule has 1 saturated carbocycles. The van der Waals surface area contributed by atoms with Gasteiger partial charge < -0.3 is 10.3 Å². The second-order valence-electron chi connectivity index (χ2n) is 5.23. The van der Waals surface area contributed by atoms with Gasteiger partial charge in [-0.25, -0.2) is 0 Å². The van der Waals surface area contributed by atoms with Crippen LogP contribution in [-0.2, 0) is 12.5 Å². The fourth-order valence-corrected chi connectivity index (χ4v) is 3.55. The van der Waals surface area contributed by atoms with E-state index in [-0.39, 0.29) is 11.5 Å². The zero-order chi connectivity index (χ0) is 12.2. The molecule has 1 aliphatic carbocycles. The molecule has 2 aromatic rings. The van der Waals surface area contributed by atoms with Crippen molar-refractivity contribution in [2.24, 2.45) is 12.8 Å². The van der Waals surface area contributed by atoms with Gasteiger partial charge >= 0.3 is 0 Å². The van der Waals surface area contributed by atoms with Gasteiger partial charge in [0.15, 0.2) is 0 Å². The van der Waals surface area contributed by atoms with E-state index in [9.17, 15) is 0 Å². The number of aromatic nitrogens is 1. The fraction of sp³-hybridized carbons (Fsp3) is 0.429. The quantitative estimate of drug-likeness (QED) is 0.904. The first kappa shape index (κ1) is 11.3. The van der Waals surface area contributed by atoms with E-state index in [1.165, 1.54) is 29.3 Å². The summed E-state index contributed by atoms with van der Waals surface area (Å²) in [4.78, 5) is 0. The van der Waals surface area contributed by atoms with Crippen LogP contribution < -0.4 is 5.73 Å². The van der Waals surface area contributed by atoms with Gasteiger partial charge in [-0.2, -0.15) is 0 Å². The Morgan fingerprint density at radius 1 is 1.41 bits per heavy atom. The topological polar surface area (TPSA) is 30.9 Å². The van der Waals surface area contributed by atoms with Gasteiger partial charge in [0.1, 0.15) is 0 Å². The number of rotatable bonds is 2. The Labute approximate surface area is 110 Å². The van der Waals surface area contributed by atoms with Crippen molar-refractivity contribution in [3.8, 4) is 0 Å². The maximum Gasteiger partial charge on any atom is 0.0528 e. The Kier molecular flexibility index (Phi) is 2.39. The van der Waals surface area contributed by atoms with Crippen LogP contribution in [0.2, 0.25) is 0 Å². The normalized spacial score (nSPS) is 19.5. The maximum atomic E-state index is 6.19. The van der Waals surface area contributed by atoms with Crippen molar-refractivity contribution in [1.29, 1.82) is 0 Å². The molecule has 1 heterocycles. The molecule has 3 heteroatoms. The predicted molar refractivity (Wildman–Crippen MR) is 75.2 cm³/mol. The Bertz CT molecular complexity index is 579. The molecule has 2 N–H and O–H groups in total. The van der Waals surface area contributed by atoms with Crippen LogP contribution in [0, 0.1) is 0 Å². The second kappa shape index (κ2) is 3.59. The van der Waals surface area contributed by atoms with Crippen LogP contribution in [0.4, 0.5) is 0 Å². The minimum atomic E-state index is 0.213. The lowest BCUT2D eigenvalue weighted by Crippen LogP contribution is -2.31. The van der Waals surface area contributed by atoms with Crippen molar-refractivity contribution < 1.29 is 0 Å². The molecule has 0 saturated heterocycles. The minimum absolute atomic E-state index is 0.213. The van der Waals surface area contributed by atoms with Crippen LogP contribution in [0.1, 0.15) is 25.3 Å². The highest BCUT2D eigenvalue weighted by Gasteiger charge is 2.48. The van der Waals surface area contributed by atoms with Gasteiger partial charge in [0.05, 0.1) is 5.52 Å². The smallest absolute Gasteiger partial charge is 0.0528 e. The number of nitrogens with zero attached hydrogens (tertiary/aromatic N) is 1. The molecule has 1 unspecified atom stereocenters. The average molecular weight is 293 g/mol. The molecule has 0 spiro atoms. The molecule has 17 heavy (non-hydrogen) atoms. The summed E-state index contributed by atoms with van der Waals surface area (Å²) in [6, 6.07) is 6.78. The van der Waals surface area contributed by atoms with Gasteiger partial charge in [0.2, 0.25) is 0 Å². The first-order chi connectivity index (χ1) is 8.06. The summed E-state index contributed by atoms with van der Waals surface area (Å²) in [6.45, 7) is 2.13. The van der Waals surface area contributed by atoms with Gasteiger partial charge in [-0.3, -0.25) is 0 Å². The van der Waals surface area contributed by atoms with E-state index in [4.69, 9.17) is 5.73 Å². The van der Waals surface area contributed by atoms with E-state index in [1.54, 1.807) is 0 Å². The number of hydrogen-bond donors (Lipinski definition) is 1. The number of hydrogen-bond acceptors (Lipinski definition) is 1. The molecule has 1 fully saturated rings. The van der Waals surface area contributed by atoms with E-state index in [0.29, 0.717) is 0 Å². The third-order valence-electron chi connectivity index (χ3n) is 4.15. The summed E-state index contributed by atoms with van der Waals surface area (Å²) in [5.41, 5.74) is 9.15. The summed E-state index contributed by atoms with van der Waals surface area (Å²) in [6.07, 6.45) is 4.56. The van der Waals surface area contributed by atoms with Crippen molar-refractivity contribution in [2.75, 3.05) is 0 Å². The highest BCUT2D eigenvalue weighted by Crippen LogP contribution is 2.52. The second-order valence-corrected chi connectivity index (χ2v) is 6.09. The lowest BCUT2D eigenvalue weighted by atomic mass is 9.88. The molecule has 0 amide bonds. The zero-order valence-electron chi connectivity index (χ0n) is 10.2. The number of halogens is 1. The van der Waals surface area contributed by atoms with E-state index in [0.717, 1.165) is 4.47 Å². The average Bonchev–Trinajstić information content (AvgIpc) is 3.04. The molecular weight excluding hydrogens is 276 g/mol. The number of para-hydroxylation sites is 1. The predicted octanol–water partition coefficient (Wildman–Crippen LogP) is 3.32. The van der Waals surface area contributed by atoms with Crippen molar-refractivity contribution in [1.82, 2.24) is 4.57 Å². The molecule has 1 aromatic heterocycles. The number of aryl methyl sites for hydroxylation is 1. The van der Waals surface area contributed by atoms with Crippen molar-refractivity contribution in [3.63, 3.8) is 0 Å². The maximum absolute atomic E-state index is 6.19. The standard InChI is InChI=1S/C14H17BrN2/c1-9(16)14(6-7-14)11-5-3-4-10-12(15)8-17(2)13(10)11/h3-5,8-9H,6-7,16H2,1-2H3.